The van der Waals surface area contributed by atoms with Gasteiger partial charge in [0.1, 0.15) is 17.0 Å². The summed E-state index contributed by atoms with van der Waals surface area (Å²) in [4.78, 5) is 26.9. The number of amides is 1. The Morgan fingerprint density at radius 1 is 1.25 bits per heavy atom. The van der Waals surface area contributed by atoms with E-state index in [4.69, 9.17) is 0 Å². The van der Waals surface area contributed by atoms with E-state index in [0.29, 0.717) is 25.1 Å². The standard InChI is InChI=1S/C24H26F3N7OS/c1-33(2)18-10-16-14(11-30-32-16)8-17(18)31-21-20-15-5-4-13(9-19(15)36-22(20)29-12-28-21)23(35)34(3)7-6-24(25,26)27/h8,10-13H,4-7,9H2,1-3H3,(H,30,32)(H,28,29,31)/t13-/m0/s1. The fraction of sp³-hybridized carbons (Fsp3) is 0.417. The molecule has 0 spiro atoms. The summed E-state index contributed by atoms with van der Waals surface area (Å²) in [6.07, 6.45) is -0.281. The molecule has 0 unspecified atom stereocenters. The molecule has 0 fully saturated rings. The molecule has 1 aliphatic carbocycles. The average molecular weight is 518 g/mol. The van der Waals surface area contributed by atoms with Crippen molar-refractivity contribution in [1.29, 1.82) is 0 Å². The molecule has 3 aromatic heterocycles. The summed E-state index contributed by atoms with van der Waals surface area (Å²) >= 11 is 1.52. The predicted octanol–water partition coefficient (Wildman–Crippen LogP) is 4.89. The summed E-state index contributed by atoms with van der Waals surface area (Å²) in [5.41, 5.74) is 3.89. The van der Waals surface area contributed by atoms with Gasteiger partial charge in [-0.2, -0.15) is 18.3 Å². The third-order valence-corrected chi connectivity index (χ3v) is 7.76. The SMILES string of the molecule is CN(CCC(F)(F)F)C(=O)[C@H]1CCc2c(sc3ncnc(Nc4cc5cn[nH]c5cc4N(C)C)c23)C1. The Morgan fingerprint density at radius 2 is 2.06 bits per heavy atom. The van der Waals surface area contributed by atoms with Crippen molar-refractivity contribution in [3.63, 3.8) is 0 Å². The van der Waals surface area contributed by atoms with Gasteiger partial charge in [0.15, 0.2) is 0 Å². The molecule has 4 aromatic rings. The smallest absolute Gasteiger partial charge is 0.376 e. The lowest BCUT2D eigenvalue weighted by Crippen LogP contribution is -2.37. The lowest BCUT2D eigenvalue weighted by molar-refractivity contribution is -0.146. The summed E-state index contributed by atoms with van der Waals surface area (Å²) in [7, 11) is 5.38. The summed E-state index contributed by atoms with van der Waals surface area (Å²) in [5.74, 6) is 0.114. The van der Waals surface area contributed by atoms with E-state index < -0.39 is 12.6 Å². The lowest BCUT2D eigenvalue weighted by atomic mass is 9.87. The second kappa shape index (κ2) is 9.23. The molecule has 0 aliphatic heterocycles. The number of hydrogen-bond acceptors (Lipinski definition) is 7. The van der Waals surface area contributed by atoms with Crippen molar-refractivity contribution in [3.05, 3.63) is 35.1 Å². The molecule has 1 atom stereocenters. The number of anilines is 3. The monoisotopic (exact) mass is 517 g/mol. The van der Waals surface area contributed by atoms with E-state index in [1.54, 1.807) is 6.20 Å². The maximum atomic E-state index is 12.8. The normalized spacial score (nSPS) is 15.8. The van der Waals surface area contributed by atoms with Gasteiger partial charge in [-0.1, -0.05) is 0 Å². The van der Waals surface area contributed by atoms with Crippen molar-refractivity contribution in [2.75, 3.05) is 37.9 Å². The minimum atomic E-state index is -4.28. The van der Waals surface area contributed by atoms with Gasteiger partial charge in [-0.3, -0.25) is 9.89 Å². The summed E-state index contributed by atoms with van der Waals surface area (Å²) in [6.45, 7) is -0.327. The molecule has 3 heterocycles. The molecule has 12 heteroatoms. The number of thiophene rings is 1. The van der Waals surface area contributed by atoms with Crippen LogP contribution in [0.3, 0.4) is 0 Å². The van der Waals surface area contributed by atoms with Crippen molar-refractivity contribution in [2.24, 2.45) is 5.92 Å². The molecule has 0 radical (unpaired) electrons. The lowest BCUT2D eigenvalue weighted by Gasteiger charge is -2.27. The Bertz CT molecular complexity index is 1430. The zero-order chi connectivity index (χ0) is 25.6. The van der Waals surface area contributed by atoms with Gasteiger partial charge in [0.25, 0.3) is 0 Å². The number of nitrogens with zero attached hydrogens (tertiary/aromatic N) is 5. The zero-order valence-corrected chi connectivity index (χ0v) is 20.9. The van der Waals surface area contributed by atoms with Gasteiger partial charge in [-0.25, -0.2) is 9.97 Å². The quantitative estimate of drug-likeness (QED) is 0.379. The average Bonchev–Trinajstić information content (AvgIpc) is 3.44. The van der Waals surface area contributed by atoms with Crippen molar-refractivity contribution in [1.82, 2.24) is 25.1 Å². The number of carbonyl (C=O) groups is 1. The largest absolute Gasteiger partial charge is 0.390 e. The number of aryl methyl sites for hydroxylation is 1. The maximum absolute atomic E-state index is 12.8. The Morgan fingerprint density at radius 3 is 2.81 bits per heavy atom. The van der Waals surface area contributed by atoms with Gasteiger partial charge < -0.3 is 15.1 Å². The van der Waals surface area contributed by atoms with Gasteiger partial charge in [-0.15, -0.1) is 11.3 Å². The molecule has 5 rings (SSSR count). The summed E-state index contributed by atoms with van der Waals surface area (Å²) in [5, 5.41) is 12.5. The van der Waals surface area contributed by atoms with Gasteiger partial charge >= 0.3 is 6.18 Å². The highest BCUT2D eigenvalue weighted by molar-refractivity contribution is 7.19. The molecule has 1 aliphatic rings. The molecule has 36 heavy (non-hydrogen) atoms. The molecule has 0 saturated heterocycles. The van der Waals surface area contributed by atoms with E-state index in [1.807, 2.05) is 31.1 Å². The number of nitrogens with one attached hydrogen (secondary N) is 2. The van der Waals surface area contributed by atoms with Crippen molar-refractivity contribution in [2.45, 2.75) is 31.9 Å². The predicted molar refractivity (Wildman–Crippen MR) is 135 cm³/mol. The second-order valence-corrected chi connectivity index (χ2v) is 10.4. The first-order valence-electron chi connectivity index (χ1n) is 11.6. The highest BCUT2D eigenvalue weighted by Crippen LogP contribution is 2.42. The first-order chi connectivity index (χ1) is 17.1. The van der Waals surface area contributed by atoms with Crippen LogP contribution in [0.4, 0.5) is 30.4 Å². The first-order valence-corrected chi connectivity index (χ1v) is 12.4. The van der Waals surface area contributed by atoms with Crippen LogP contribution in [-0.4, -0.2) is 64.8 Å². The Balaban J connectivity index is 1.42. The fourth-order valence-electron chi connectivity index (χ4n) is 4.71. The molecule has 1 amide bonds. The number of rotatable bonds is 6. The van der Waals surface area contributed by atoms with Crippen LogP contribution in [0.1, 0.15) is 23.3 Å². The van der Waals surface area contributed by atoms with Crippen molar-refractivity contribution < 1.29 is 18.0 Å². The molecule has 190 valence electrons. The van der Waals surface area contributed by atoms with E-state index in [2.05, 4.69) is 25.5 Å². The van der Waals surface area contributed by atoms with Gasteiger partial charge in [0.05, 0.1) is 34.9 Å². The van der Waals surface area contributed by atoms with Crippen LogP contribution >= 0.6 is 11.3 Å². The minimum Gasteiger partial charge on any atom is -0.376 e. The Kier molecular flexibility index (Phi) is 6.23. The minimum absolute atomic E-state index is 0.240. The molecule has 0 bridgehead atoms. The number of H-pyrrole nitrogens is 1. The van der Waals surface area contributed by atoms with Gasteiger partial charge in [0.2, 0.25) is 5.91 Å². The molecule has 2 N–H and O–H groups in total. The maximum Gasteiger partial charge on any atom is 0.390 e. The van der Waals surface area contributed by atoms with Crippen LogP contribution in [0, 0.1) is 5.92 Å². The third kappa shape index (κ3) is 4.69. The number of hydrogen-bond donors (Lipinski definition) is 2. The fourth-order valence-corrected chi connectivity index (χ4v) is 5.98. The van der Waals surface area contributed by atoms with E-state index in [1.165, 1.54) is 29.6 Å². The Labute approximate surface area is 209 Å². The van der Waals surface area contributed by atoms with Gasteiger partial charge in [-0.05, 0) is 37.0 Å². The highest BCUT2D eigenvalue weighted by atomic mass is 32.1. The number of fused-ring (bicyclic) bond motifs is 4. The number of halogens is 3. The third-order valence-electron chi connectivity index (χ3n) is 6.59. The Hall–Kier alpha value is -3.41. The van der Waals surface area contributed by atoms with E-state index in [9.17, 15) is 18.0 Å². The number of aromatic nitrogens is 4. The van der Waals surface area contributed by atoms with Gasteiger partial charge in [0, 0.05) is 43.9 Å². The molecule has 0 saturated carbocycles. The number of alkyl halides is 3. The molecule has 8 nitrogen and oxygen atoms in total. The van der Waals surface area contributed by atoms with E-state index in [0.717, 1.165) is 42.9 Å². The van der Waals surface area contributed by atoms with Crippen LogP contribution < -0.4 is 10.2 Å². The molecular formula is C24H26F3N7OS. The first kappa shape index (κ1) is 24.3. The zero-order valence-electron chi connectivity index (χ0n) is 20.1. The number of carbonyl (C=O) groups excluding carboxylic acids is 1. The van der Waals surface area contributed by atoms with Crippen molar-refractivity contribution in [3.8, 4) is 0 Å². The van der Waals surface area contributed by atoms with E-state index in [-0.39, 0.29) is 18.4 Å². The summed E-state index contributed by atoms with van der Waals surface area (Å²) in [6, 6.07) is 4.05. The number of benzene rings is 1. The molecule has 1 aromatic carbocycles. The molecular weight excluding hydrogens is 491 g/mol. The van der Waals surface area contributed by atoms with Crippen molar-refractivity contribution >= 4 is 55.6 Å². The van der Waals surface area contributed by atoms with Crippen LogP contribution in [-0.2, 0) is 17.6 Å². The number of aromatic amines is 1. The van der Waals surface area contributed by atoms with Crippen LogP contribution in [0.15, 0.2) is 24.7 Å². The van der Waals surface area contributed by atoms with Crippen LogP contribution in [0.2, 0.25) is 0 Å². The topological polar surface area (TPSA) is 90.0 Å². The second-order valence-electron chi connectivity index (χ2n) is 9.32. The summed E-state index contributed by atoms with van der Waals surface area (Å²) < 4.78 is 37.8. The van der Waals surface area contributed by atoms with Crippen LogP contribution in [0.5, 0.6) is 0 Å². The van der Waals surface area contributed by atoms with Crippen LogP contribution in [0.25, 0.3) is 21.1 Å². The van der Waals surface area contributed by atoms with E-state index >= 15 is 0 Å². The highest BCUT2D eigenvalue weighted by Gasteiger charge is 2.33.